The first-order valence-corrected chi connectivity index (χ1v) is 8.30. The van der Waals surface area contributed by atoms with Gasteiger partial charge in [0.15, 0.2) is 5.75 Å². The second-order valence-corrected chi connectivity index (χ2v) is 6.43. The molecule has 0 amide bonds. The zero-order valence-corrected chi connectivity index (χ0v) is 14.8. The fraction of sp³-hybridized carbons (Fsp3) is 0.167. The first kappa shape index (κ1) is 17.5. The van der Waals surface area contributed by atoms with Gasteiger partial charge in [0.05, 0.1) is 10.0 Å². The molecule has 0 aliphatic rings. The summed E-state index contributed by atoms with van der Waals surface area (Å²) in [6, 6.07) is 10.9. The SMILES string of the molecule is Cc1cccc(CCC(=O)c2nnc(-c3cc(Cl)c(O)c(Cl)c3)o2)c1. The smallest absolute Gasteiger partial charge is 0.284 e. The summed E-state index contributed by atoms with van der Waals surface area (Å²) in [5, 5.41) is 17.4. The molecule has 1 aromatic heterocycles. The number of aromatic nitrogens is 2. The van der Waals surface area contributed by atoms with Crippen LogP contribution >= 0.6 is 23.2 Å². The van der Waals surface area contributed by atoms with E-state index in [0.717, 1.165) is 11.1 Å². The summed E-state index contributed by atoms with van der Waals surface area (Å²) in [6.07, 6.45) is 0.858. The summed E-state index contributed by atoms with van der Waals surface area (Å²) in [7, 11) is 0. The minimum Gasteiger partial charge on any atom is -0.505 e. The third-order valence-corrected chi connectivity index (χ3v) is 4.23. The molecule has 0 saturated heterocycles. The molecule has 0 aliphatic carbocycles. The number of carbonyl (C=O) groups is 1. The summed E-state index contributed by atoms with van der Waals surface area (Å²) in [4.78, 5) is 12.2. The van der Waals surface area contributed by atoms with Gasteiger partial charge in [-0.3, -0.25) is 4.79 Å². The summed E-state index contributed by atoms with van der Waals surface area (Å²) in [5.41, 5.74) is 2.65. The third-order valence-electron chi connectivity index (χ3n) is 3.65. The summed E-state index contributed by atoms with van der Waals surface area (Å²) in [6.45, 7) is 2.00. The van der Waals surface area contributed by atoms with Crippen LogP contribution in [-0.2, 0) is 6.42 Å². The van der Waals surface area contributed by atoms with Crippen LogP contribution in [0.25, 0.3) is 11.5 Å². The van der Waals surface area contributed by atoms with Gasteiger partial charge < -0.3 is 9.52 Å². The second kappa shape index (κ2) is 7.25. The second-order valence-electron chi connectivity index (χ2n) is 5.61. The number of phenols is 1. The van der Waals surface area contributed by atoms with Crippen molar-refractivity contribution in [1.82, 2.24) is 10.2 Å². The summed E-state index contributed by atoms with van der Waals surface area (Å²) >= 11 is 11.8. The van der Waals surface area contributed by atoms with Crippen molar-refractivity contribution in [3.05, 3.63) is 63.5 Å². The number of rotatable bonds is 5. The van der Waals surface area contributed by atoms with Gasteiger partial charge in [0.1, 0.15) is 0 Å². The molecule has 0 fully saturated rings. The Kier molecular flexibility index (Phi) is 5.06. The number of nitrogens with zero attached hydrogens (tertiary/aromatic N) is 2. The number of ketones is 1. The number of hydrogen-bond acceptors (Lipinski definition) is 5. The maximum Gasteiger partial charge on any atom is 0.284 e. The molecule has 3 aromatic rings. The van der Waals surface area contributed by atoms with Crippen LogP contribution in [0, 0.1) is 6.92 Å². The van der Waals surface area contributed by atoms with Crippen molar-refractivity contribution in [1.29, 1.82) is 0 Å². The Morgan fingerprint density at radius 1 is 1.16 bits per heavy atom. The predicted octanol–water partition coefficient (Wildman–Crippen LogP) is 4.87. The topological polar surface area (TPSA) is 76.2 Å². The van der Waals surface area contributed by atoms with Gasteiger partial charge in [0, 0.05) is 12.0 Å². The fourth-order valence-corrected chi connectivity index (χ4v) is 2.86. The van der Waals surface area contributed by atoms with E-state index in [9.17, 15) is 9.90 Å². The molecule has 7 heteroatoms. The minimum absolute atomic E-state index is 0.0630. The average Bonchev–Trinajstić information content (AvgIpc) is 3.07. The lowest BCUT2D eigenvalue weighted by atomic mass is 10.1. The van der Waals surface area contributed by atoms with Crippen molar-refractivity contribution in [2.24, 2.45) is 0 Å². The standard InChI is InChI=1S/C18H14Cl2N2O3/c1-10-3-2-4-11(7-10)5-6-15(23)18-22-21-17(25-18)12-8-13(19)16(24)14(20)9-12/h2-4,7-9,24H,5-6H2,1H3. The van der Waals surface area contributed by atoms with Crippen molar-refractivity contribution >= 4 is 29.0 Å². The number of aryl methyl sites for hydroxylation is 2. The van der Waals surface area contributed by atoms with E-state index >= 15 is 0 Å². The highest BCUT2D eigenvalue weighted by Gasteiger charge is 2.17. The lowest BCUT2D eigenvalue weighted by Crippen LogP contribution is -2.01. The van der Waals surface area contributed by atoms with Crippen molar-refractivity contribution < 1.29 is 14.3 Å². The maximum absolute atomic E-state index is 12.2. The van der Waals surface area contributed by atoms with Gasteiger partial charge in [-0.2, -0.15) is 0 Å². The molecule has 5 nitrogen and oxygen atoms in total. The highest BCUT2D eigenvalue weighted by molar-refractivity contribution is 6.37. The van der Waals surface area contributed by atoms with Gasteiger partial charge in [-0.25, -0.2) is 0 Å². The van der Waals surface area contributed by atoms with E-state index in [-0.39, 0.29) is 39.8 Å². The molecule has 3 rings (SSSR count). The molecule has 1 N–H and O–H groups in total. The Morgan fingerprint density at radius 3 is 2.56 bits per heavy atom. The molecule has 0 atom stereocenters. The summed E-state index contributed by atoms with van der Waals surface area (Å²) < 4.78 is 5.42. The Balaban J connectivity index is 1.73. The molecular formula is C18H14Cl2N2O3. The normalized spacial score (nSPS) is 10.8. The molecule has 25 heavy (non-hydrogen) atoms. The number of aromatic hydroxyl groups is 1. The quantitative estimate of drug-likeness (QED) is 0.642. The van der Waals surface area contributed by atoms with Crippen molar-refractivity contribution in [3.8, 4) is 17.2 Å². The highest BCUT2D eigenvalue weighted by Crippen LogP contribution is 2.36. The van der Waals surface area contributed by atoms with Crippen LogP contribution in [-0.4, -0.2) is 21.1 Å². The summed E-state index contributed by atoms with van der Waals surface area (Å²) in [5.74, 6) is -0.414. The van der Waals surface area contributed by atoms with Gasteiger partial charge in [-0.15, -0.1) is 10.2 Å². The largest absolute Gasteiger partial charge is 0.505 e. The van der Waals surface area contributed by atoms with Crippen LogP contribution in [0.2, 0.25) is 10.0 Å². The monoisotopic (exact) mass is 376 g/mol. The zero-order valence-electron chi connectivity index (χ0n) is 13.3. The van der Waals surface area contributed by atoms with Gasteiger partial charge >= 0.3 is 0 Å². The molecule has 2 aromatic carbocycles. The number of hydrogen-bond donors (Lipinski definition) is 1. The number of phenolic OH excluding ortho intramolecular Hbond substituents is 1. The van der Waals surface area contributed by atoms with Crippen LogP contribution in [0.3, 0.4) is 0 Å². The van der Waals surface area contributed by atoms with Crippen LogP contribution < -0.4 is 0 Å². The molecule has 0 spiro atoms. The first-order chi connectivity index (χ1) is 11.9. The Labute approximate surface area is 154 Å². The van der Waals surface area contributed by atoms with Crippen molar-refractivity contribution in [2.45, 2.75) is 19.8 Å². The highest BCUT2D eigenvalue weighted by atomic mass is 35.5. The Hall–Kier alpha value is -2.37. The molecule has 128 valence electrons. The lowest BCUT2D eigenvalue weighted by molar-refractivity contribution is 0.0950. The van der Waals surface area contributed by atoms with E-state index in [4.69, 9.17) is 27.6 Å². The van der Waals surface area contributed by atoms with E-state index in [2.05, 4.69) is 10.2 Å². The van der Waals surface area contributed by atoms with Crippen LogP contribution in [0.4, 0.5) is 0 Å². The first-order valence-electron chi connectivity index (χ1n) is 7.54. The lowest BCUT2D eigenvalue weighted by Gasteiger charge is -2.02. The third kappa shape index (κ3) is 4.00. The van der Waals surface area contributed by atoms with E-state index in [1.165, 1.54) is 12.1 Å². The van der Waals surface area contributed by atoms with E-state index in [1.807, 2.05) is 31.2 Å². The average molecular weight is 377 g/mol. The van der Waals surface area contributed by atoms with Gasteiger partial charge in [0.25, 0.3) is 5.89 Å². The Morgan fingerprint density at radius 2 is 1.88 bits per heavy atom. The number of carbonyl (C=O) groups excluding carboxylic acids is 1. The molecule has 0 saturated carbocycles. The van der Waals surface area contributed by atoms with Gasteiger partial charge in [-0.1, -0.05) is 53.0 Å². The maximum atomic E-state index is 12.2. The van der Waals surface area contributed by atoms with Crippen LogP contribution in [0.1, 0.15) is 28.2 Å². The number of benzene rings is 2. The molecule has 1 heterocycles. The molecular weight excluding hydrogens is 363 g/mol. The van der Waals surface area contributed by atoms with Gasteiger partial charge in [-0.05, 0) is 31.0 Å². The van der Waals surface area contributed by atoms with E-state index in [0.29, 0.717) is 12.0 Å². The minimum atomic E-state index is -0.240. The number of Topliss-reactive ketones (excluding diaryl/α,β-unsaturated/α-hetero) is 1. The van der Waals surface area contributed by atoms with Crippen LogP contribution in [0.15, 0.2) is 40.8 Å². The fourth-order valence-electron chi connectivity index (χ4n) is 2.37. The Bertz CT molecular complexity index is 915. The molecule has 0 aliphatic heterocycles. The van der Waals surface area contributed by atoms with E-state index < -0.39 is 0 Å². The molecule has 0 unspecified atom stereocenters. The van der Waals surface area contributed by atoms with E-state index in [1.54, 1.807) is 0 Å². The van der Waals surface area contributed by atoms with Gasteiger partial charge in [0.2, 0.25) is 11.7 Å². The predicted molar refractivity (Wildman–Crippen MR) is 95.2 cm³/mol. The van der Waals surface area contributed by atoms with Crippen LogP contribution in [0.5, 0.6) is 5.75 Å². The number of halogens is 2. The van der Waals surface area contributed by atoms with Crippen molar-refractivity contribution in [3.63, 3.8) is 0 Å². The molecule has 0 bridgehead atoms. The molecule has 0 radical (unpaired) electrons. The van der Waals surface area contributed by atoms with Crippen molar-refractivity contribution in [2.75, 3.05) is 0 Å². The zero-order chi connectivity index (χ0) is 18.0.